The number of fused-ring (bicyclic) bond motifs is 1. The minimum Gasteiger partial charge on any atom is -0.313 e. The summed E-state index contributed by atoms with van der Waals surface area (Å²) in [7, 11) is 0. The Balaban J connectivity index is 1.57. The van der Waals surface area contributed by atoms with Crippen molar-refractivity contribution < 1.29 is 14.4 Å². The van der Waals surface area contributed by atoms with Gasteiger partial charge in [-0.15, -0.1) is 0 Å². The van der Waals surface area contributed by atoms with Crippen LogP contribution in [0.15, 0.2) is 53.7 Å². The predicted molar refractivity (Wildman–Crippen MR) is 90.8 cm³/mol. The van der Waals surface area contributed by atoms with Crippen LogP contribution in [-0.4, -0.2) is 17.5 Å². The molecule has 0 amide bonds. The van der Waals surface area contributed by atoms with Gasteiger partial charge in [-0.1, -0.05) is 28.9 Å². The van der Waals surface area contributed by atoms with Gasteiger partial charge in [-0.05, 0) is 61.1 Å². The average Bonchev–Trinajstić information content (AvgIpc) is 2.62. The summed E-state index contributed by atoms with van der Waals surface area (Å²) in [4.78, 5) is 29.5. The SMILES string of the molecule is O=C(O/N=C1/C=CC(=O)C2C3C=CC(CC3)C12)c1ccc(Cl)cc1. The molecule has 1 aromatic carbocycles. The lowest BCUT2D eigenvalue weighted by Gasteiger charge is -2.45. The van der Waals surface area contributed by atoms with Crippen molar-refractivity contribution in [1.29, 1.82) is 0 Å². The lowest BCUT2D eigenvalue weighted by Crippen LogP contribution is -2.46. The Bertz CT molecular complexity index is 778. The second-order valence-corrected chi connectivity index (χ2v) is 6.92. The summed E-state index contributed by atoms with van der Waals surface area (Å²) < 4.78 is 0. The monoisotopic (exact) mass is 341 g/mol. The Labute approximate surface area is 144 Å². The predicted octanol–water partition coefficient (Wildman–Crippen LogP) is 3.82. The Kier molecular flexibility index (Phi) is 3.85. The second kappa shape index (κ2) is 6.02. The van der Waals surface area contributed by atoms with E-state index in [1.54, 1.807) is 36.4 Å². The number of rotatable bonds is 2. The summed E-state index contributed by atoms with van der Waals surface area (Å²) in [6, 6.07) is 6.45. The van der Waals surface area contributed by atoms with E-state index in [-0.39, 0.29) is 23.5 Å². The summed E-state index contributed by atoms with van der Waals surface area (Å²) in [5.41, 5.74) is 1.07. The van der Waals surface area contributed by atoms with Crippen molar-refractivity contribution in [3.63, 3.8) is 0 Å². The van der Waals surface area contributed by atoms with E-state index >= 15 is 0 Å². The van der Waals surface area contributed by atoms with Crippen LogP contribution in [0.2, 0.25) is 5.02 Å². The quantitative estimate of drug-likeness (QED) is 0.467. The number of hydrogen-bond donors (Lipinski definition) is 0. The number of hydrogen-bond acceptors (Lipinski definition) is 4. The van der Waals surface area contributed by atoms with Gasteiger partial charge in [0.15, 0.2) is 5.78 Å². The molecule has 1 saturated carbocycles. The minimum absolute atomic E-state index is 0.0178. The van der Waals surface area contributed by atoms with E-state index in [1.807, 2.05) is 0 Å². The molecule has 0 spiro atoms. The lowest BCUT2D eigenvalue weighted by atomic mass is 9.58. The van der Waals surface area contributed by atoms with Crippen molar-refractivity contribution in [1.82, 2.24) is 0 Å². The molecule has 0 radical (unpaired) electrons. The molecule has 0 aliphatic heterocycles. The molecule has 4 aliphatic carbocycles. The molecule has 0 aromatic heterocycles. The number of carbonyl (C=O) groups excluding carboxylic acids is 2. The van der Waals surface area contributed by atoms with Crippen LogP contribution < -0.4 is 0 Å². The summed E-state index contributed by atoms with van der Waals surface area (Å²) >= 11 is 5.81. The fraction of sp³-hybridized carbons (Fsp3) is 0.316. The van der Waals surface area contributed by atoms with Crippen LogP contribution in [-0.2, 0) is 9.63 Å². The number of halogens is 1. The third-order valence-electron chi connectivity index (χ3n) is 5.15. The first kappa shape index (κ1) is 15.3. The van der Waals surface area contributed by atoms with Gasteiger partial charge in [0.2, 0.25) is 0 Å². The maximum atomic E-state index is 12.3. The van der Waals surface area contributed by atoms with Gasteiger partial charge >= 0.3 is 5.97 Å². The molecule has 1 aromatic rings. The third kappa shape index (κ3) is 2.61. The number of benzene rings is 1. The van der Waals surface area contributed by atoms with Crippen LogP contribution in [0, 0.1) is 23.7 Å². The maximum absolute atomic E-state index is 12.3. The second-order valence-electron chi connectivity index (χ2n) is 6.48. The van der Waals surface area contributed by atoms with Crippen LogP contribution in [0.3, 0.4) is 0 Å². The fourth-order valence-corrected chi connectivity index (χ4v) is 4.13. The van der Waals surface area contributed by atoms with Crippen LogP contribution >= 0.6 is 11.6 Å². The Morgan fingerprint density at radius 3 is 2.38 bits per heavy atom. The van der Waals surface area contributed by atoms with Gasteiger partial charge in [0, 0.05) is 16.9 Å². The first-order valence-electron chi connectivity index (χ1n) is 8.08. The van der Waals surface area contributed by atoms with Crippen molar-refractivity contribution in [2.24, 2.45) is 28.8 Å². The molecule has 0 heterocycles. The zero-order valence-electron chi connectivity index (χ0n) is 12.9. The van der Waals surface area contributed by atoms with Crippen molar-refractivity contribution >= 4 is 29.1 Å². The first-order chi connectivity index (χ1) is 11.6. The average molecular weight is 342 g/mol. The molecule has 5 heteroatoms. The molecule has 1 fully saturated rings. The molecule has 0 N–H and O–H groups in total. The van der Waals surface area contributed by atoms with Crippen molar-refractivity contribution in [3.8, 4) is 0 Å². The van der Waals surface area contributed by atoms with E-state index in [9.17, 15) is 9.59 Å². The zero-order valence-corrected chi connectivity index (χ0v) is 13.6. The molecule has 4 nitrogen and oxygen atoms in total. The van der Waals surface area contributed by atoms with Crippen LogP contribution in [0.1, 0.15) is 23.2 Å². The summed E-state index contributed by atoms with van der Waals surface area (Å²) in [6.45, 7) is 0. The van der Waals surface area contributed by atoms with E-state index in [0.29, 0.717) is 22.2 Å². The minimum atomic E-state index is -0.530. The Morgan fingerprint density at radius 2 is 1.71 bits per heavy atom. The Morgan fingerprint density at radius 1 is 1.04 bits per heavy atom. The zero-order chi connectivity index (χ0) is 16.7. The molecule has 2 bridgehead atoms. The van der Waals surface area contributed by atoms with E-state index in [1.165, 1.54) is 0 Å². The highest BCUT2D eigenvalue weighted by Gasteiger charge is 2.47. The normalized spacial score (nSPS) is 32.0. The lowest BCUT2D eigenvalue weighted by molar-refractivity contribution is -0.122. The standard InChI is InChI=1S/C19H16ClNO3/c20-14-7-5-13(6-8-14)19(23)24-21-15-9-10-16(22)18-12-3-1-11(2-4-12)17(15)18/h1,3,5-12,17-18H,2,4H2/b21-15-. The third-order valence-corrected chi connectivity index (χ3v) is 5.40. The topological polar surface area (TPSA) is 55.7 Å². The molecule has 4 aliphatic rings. The molecule has 122 valence electrons. The number of oxime groups is 1. The van der Waals surface area contributed by atoms with E-state index in [4.69, 9.17) is 16.4 Å². The first-order valence-corrected chi connectivity index (χ1v) is 8.46. The maximum Gasteiger partial charge on any atom is 0.365 e. The van der Waals surface area contributed by atoms with E-state index < -0.39 is 5.97 Å². The van der Waals surface area contributed by atoms with Crippen LogP contribution in [0.4, 0.5) is 0 Å². The van der Waals surface area contributed by atoms with E-state index in [0.717, 1.165) is 12.8 Å². The number of allylic oxidation sites excluding steroid dienone is 4. The molecule has 4 atom stereocenters. The molecule has 24 heavy (non-hydrogen) atoms. The van der Waals surface area contributed by atoms with Crippen LogP contribution in [0.5, 0.6) is 0 Å². The Hall–Kier alpha value is -2.20. The molecule has 5 rings (SSSR count). The van der Waals surface area contributed by atoms with Crippen molar-refractivity contribution in [2.75, 3.05) is 0 Å². The highest BCUT2D eigenvalue weighted by Crippen LogP contribution is 2.47. The molecule has 0 saturated heterocycles. The van der Waals surface area contributed by atoms with Crippen molar-refractivity contribution in [3.05, 3.63) is 59.2 Å². The number of nitrogens with zero attached hydrogens (tertiary/aromatic N) is 1. The van der Waals surface area contributed by atoms with Gasteiger partial charge in [-0.25, -0.2) is 4.79 Å². The molecular formula is C19H16ClNO3. The van der Waals surface area contributed by atoms with E-state index in [2.05, 4.69) is 17.3 Å². The highest BCUT2D eigenvalue weighted by atomic mass is 35.5. The van der Waals surface area contributed by atoms with Crippen molar-refractivity contribution in [2.45, 2.75) is 12.8 Å². The van der Waals surface area contributed by atoms with Gasteiger partial charge in [0.1, 0.15) is 0 Å². The fourth-order valence-electron chi connectivity index (χ4n) is 4.00. The van der Waals surface area contributed by atoms with Gasteiger partial charge in [-0.3, -0.25) is 4.79 Å². The highest BCUT2D eigenvalue weighted by molar-refractivity contribution is 6.30. The van der Waals surface area contributed by atoms with Gasteiger partial charge < -0.3 is 4.84 Å². The smallest absolute Gasteiger partial charge is 0.313 e. The number of carbonyl (C=O) groups is 2. The van der Waals surface area contributed by atoms with Gasteiger partial charge in [0.25, 0.3) is 0 Å². The molecule has 4 unspecified atom stereocenters. The summed E-state index contributed by atoms with van der Waals surface area (Å²) in [6.07, 6.45) is 9.67. The number of ketones is 1. The van der Waals surface area contributed by atoms with Gasteiger partial charge in [0.05, 0.1) is 11.3 Å². The van der Waals surface area contributed by atoms with Gasteiger partial charge in [-0.2, -0.15) is 0 Å². The molecular weight excluding hydrogens is 326 g/mol. The largest absolute Gasteiger partial charge is 0.365 e. The summed E-state index contributed by atoms with van der Waals surface area (Å²) in [5.74, 6) is 0.145. The van der Waals surface area contributed by atoms with Crippen LogP contribution in [0.25, 0.3) is 0 Å². The summed E-state index contributed by atoms with van der Waals surface area (Å²) in [5, 5.41) is 4.64.